The van der Waals surface area contributed by atoms with Crippen LogP contribution in [0.3, 0.4) is 0 Å². The third-order valence-corrected chi connectivity index (χ3v) is 6.76. The van der Waals surface area contributed by atoms with Gasteiger partial charge in [-0.25, -0.2) is 8.42 Å². The molecule has 0 fully saturated rings. The monoisotopic (exact) mass is 444 g/mol. The normalized spacial score (nSPS) is 12.7. The first-order valence-corrected chi connectivity index (χ1v) is 13.0. The first kappa shape index (κ1) is 31.7. The van der Waals surface area contributed by atoms with Crippen molar-refractivity contribution in [3.05, 3.63) is 0 Å². The van der Waals surface area contributed by atoms with Crippen molar-refractivity contribution in [3.63, 3.8) is 0 Å². The maximum absolute atomic E-state index is 11.2. The van der Waals surface area contributed by atoms with Gasteiger partial charge in [-0.2, -0.15) is 0 Å². The van der Waals surface area contributed by atoms with Crippen molar-refractivity contribution in [2.45, 2.75) is 134 Å². The van der Waals surface area contributed by atoms with Crippen molar-refractivity contribution >= 4 is 10.1 Å². The molecule has 1 N–H and O–H groups in total. The Hall–Kier alpha value is 1.51. The van der Waals surface area contributed by atoms with Crippen LogP contribution in [0.4, 0.5) is 0 Å². The number of hydrogen-bond acceptors (Lipinski definition) is 4. The van der Waals surface area contributed by atoms with Gasteiger partial charge < -0.3 is 9.66 Å². The molecule has 0 saturated heterocycles. The van der Waals surface area contributed by atoms with Gasteiger partial charge >= 0.3 is 51.4 Å². The van der Waals surface area contributed by atoms with Crippen LogP contribution in [-0.4, -0.2) is 29.9 Å². The molecule has 0 saturated carbocycles. The molecule has 4 nitrogen and oxygen atoms in total. The van der Waals surface area contributed by atoms with E-state index in [-0.39, 0.29) is 58.0 Å². The second-order valence-corrected chi connectivity index (χ2v) is 9.72. The summed E-state index contributed by atoms with van der Waals surface area (Å²) in [6.07, 6.45) is 21.7. The van der Waals surface area contributed by atoms with E-state index in [0.29, 0.717) is 19.3 Å². The molecule has 1 atom stereocenters. The molecule has 0 rings (SSSR count). The largest absolute Gasteiger partial charge is 1.00 e. The number of rotatable bonds is 21. The number of aliphatic hydroxyl groups is 1. The zero-order valence-corrected chi connectivity index (χ0v) is 22.7. The minimum Gasteiger partial charge on any atom is -0.748 e. The van der Waals surface area contributed by atoms with Gasteiger partial charge in [0.1, 0.15) is 0 Å². The second-order valence-electron chi connectivity index (χ2n) is 8.07. The fraction of sp³-hybridized carbons (Fsp3) is 1.00. The Labute approximate surface area is 218 Å². The van der Waals surface area contributed by atoms with E-state index < -0.39 is 15.4 Å². The second kappa shape index (κ2) is 23.2. The van der Waals surface area contributed by atoms with Crippen molar-refractivity contribution in [2.75, 3.05) is 6.61 Å². The molecule has 0 radical (unpaired) electrons. The van der Waals surface area contributed by atoms with E-state index in [2.05, 4.69) is 6.92 Å². The number of unbranched alkanes of at least 4 members (excludes halogenated alkanes) is 15. The van der Waals surface area contributed by atoms with E-state index in [1.165, 1.54) is 83.5 Å². The van der Waals surface area contributed by atoms with Gasteiger partial charge in [0.25, 0.3) is 0 Å². The van der Waals surface area contributed by atoms with Gasteiger partial charge in [0, 0.05) is 11.9 Å². The van der Waals surface area contributed by atoms with E-state index >= 15 is 0 Å². The molecule has 0 amide bonds. The molecule has 0 aliphatic rings. The molecular formula is C22H45KO4S. The van der Waals surface area contributed by atoms with Crippen LogP contribution in [0.2, 0.25) is 0 Å². The summed E-state index contributed by atoms with van der Waals surface area (Å²) >= 11 is 0. The summed E-state index contributed by atoms with van der Waals surface area (Å²) in [5.41, 5.74) is 0. The molecular weight excluding hydrogens is 399 g/mol. The molecule has 0 aromatic rings. The Bertz CT molecular complexity index is 401. The maximum Gasteiger partial charge on any atom is 1.00 e. The standard InChI is InChI=1S/C22H46O4S.K/c1-2-3-4-5-6-7-8-9-10-11-12-13-14-15-16-17-19-22(20-18-21-23)27(24,25)26;/h22-23H,2-21H2,1H3,(H,24,25,26);/q;+1/p-1. The van der Waals surface area contributed by atoms with Crippen molar-refractivity contribution in [2.24, 2.45) is 0 Å². The molecule has 0 bridgehead atoms. The van der Waals surface area contributed by atoms with E-state index in [1.807, 2.05) is 0 Å². The van der Waals surface area contributed by atoms with Crippen molar-refractivity contribution in [3.8, 4) is 0 Å². The van der Waals surface area contributed by atoms with Gasteiger partial charge in [-0.1, -0.05) is 110 Å². The predicted octanol–water partition coefficient (Wildman–Crippen LogP) is 3.33. The van der Waals surface area contributed by atoms with Crippen LogP contribution in [0.25, 0.3) is 0 Å². The van der Waals surface area contributed by atoms with Crippen LogP contribution in [0.15, 0.2) is 0 Å². The quantitative estimate of drug-likeness (QED) is 0.167. The summed E-state index contributed by atoms with van der Waals surface area (Å²) in [5, 5.41) is 7.99. The summed E-state index contributed by atoms with van der Waals surface area (Å²) < 4.78 is 33.6. The van der Waals surface area contributed by atoms with Crippen LogP contribution in [0.5, 0.6) is 0 Å². The van der Waals surface area contributed by atoms with Crippen LogP contribution >= 0.6 is 0 Å². The fourth-order valence-electron chi connectivity index (χ4n) is 3.67. The number of hydrogen-bond donors (Lipinski definition) is 1. The molecule has 164 valence electrons. The van der Waals surface area contributed by atoms with Crippen LogP contribution in [0.1, 0.15) is 129 Å². The molecule has 0 aliphatic heterocycles. The minimum atomic E-state index is -4.22. The first-order chi connectivity index (χ1) is 13.0. The third-order valence-electron chi connectivity index (χ3n) is 5.47. The van der Waals surface area contributed by atoms with Crippen LogP contribution in [0, 0.1) is 0 Å². The van der Waals surface area contributed by atoms with E-state index in [1.54, 1.807) is 0 Å². The first-order valence-electron chi connectivity index (χ1n) is 11.6. The smallest absolute Gasteiger partial charge is 0.748 e. The Balaban J connectivity index is 0. The summed E-state index contributed by atoms with van der Waals surface area (Å²) in [6, 6.07) is 0. The molecule has 28 heavy (non-hydrogen) atoms. The molecule has 0 aromatic carbocycles. The Morgan fingerprint density at radius 1 is 0.643 bits per heavy atom. The average molecular weight is 445 g/mol. The van der Waals surface area contributed by atoms with Gasteiger partial charge in [0.05, 0.1) is 10.1 Å². The van der Waals surface area contributed by atoms with Crippen molar-refractivity contribution in [1.29, 1.82) is 0 Å². The minimum absolute atomic E-state index is 0. The average Bonchev–Trinajstić information content (AvgIpc) is 2.62. The predicted molar refractivity (Wildman–Crippen MR) is 114 cm³/mol. The van der Waals surface area contributed by atoms with Crippen LogP contribution in [-0.2, 0) is 10.1 Å². The maximum atomic E-state index is 11.2. The van der Waals surface area contributed by atoms with E-state index in [9.17, 15) is 13.0 Å². The zero-order valence-electron chi connectivity index (χ0n) is 18.8. The summed E-state index contributed by atoms with van der Waals surface area (Å²) in [4.78, 5) is 0. The molecule has 0 aromatic heterocycles. The van der Waals surface area contributed by atoms with Gasteiger partial charge in [-0.05, 0) is 19.3 Å². The van der Waals surface area contributed by atoms with E-state index in [0.717, 1.165) is 19.3 Å². The topological polar surface area (TPSA) is 77.4 Å². The van der Waals surface area contributed by atoms with Gasteiger partial charge in [0.2, 0.25) is 0 Å². The van der Waals surface area contributed by atoms with Gasteiger partial charge in [-0.15, -0.1) is 0 Å². The Morgan fingerprint density at radius 3 is 1.29 bits per heavy atom. The summed E-state index contributed by atoms with van der Waals surface area (Å²) in [6.45, 7) is 2.21. The molecule has 1 unspecified atom stereocenters. The van der Waals surface area contributed by atoms with Gasteiger partial charge in [-0.3, -0.25) is 0 Å². The van der Waals surface area contributed by atoms with E-state index in [4.69, 9.17) is 5.11 Å². The van der Waals surface area contributed by atoms with Gasteiger partial charge in [0.15, 0.2) is 0 Å². The van der Waals surface area contributed by atoms with Crippen LogP contribution < -0.4 is 51.4 Å². The number of aliphatic hydroxyl groups excluding tert-OH is 1. The fourth-order valence-corrected chi connectivity index (χ4v) is 4.58. The van der Waals surface area contributed by atoms with Crippen molar-refractivity contribution in [1.82, 2.24) is 0 Å². The molecule has 0 aliphatic carbocycles. The molecule has 0 heterocycles. The summed E-state index contributed by atoms with van der Waals surface area (Å²) in [5.74, 6) is 0. The molecule has 0 spiro atoms. The molecule has 6 heteroatoms. The SMILES string of the molecule is CCCCCCCCCCCCCCCCCCC(CCCO)S(=O)(=O)[O-].[K+]. The zero-order chi connectivity index (χ0) is 20.2. The summed E-state index contributed by atoms with van der Waals surface area (Å²) in [7, 11) is -4.22. The Kier molecular flexibility index (Phi) is 26.2. The van der Waals surface area contributed by atoms with Crippen molar-refractivity contribution < 1.29 is 69.5 Å². The third kappa shape index (κ3) is 22.2. The Morgan fingerprint density at radius 2 is 0.964 bits per heavy atom.